The minimum Gasteiger partial charge on any atom is -0.356 e. The fourth-order valence-corrected chi connectivity index (χ4v) is 2.78. The maximum Gasteiger partial charge on any atom is 0.138 e. The summed E-state index contributed by atoms with van der Waals surface area (Å²) in [7, 11) is 2.05. The Bertz CT molecular complexity index is 591. The molecule has 0 bridgehead atoms. The van der Waals surface area contributed by atoms with Crippen LogP contribution >= 0.6 is 0 Å². The molecule has 1 aliphatic rings. The van der Waals surface area contributed by atoms with Crippen LogP contribution in [0.15, 0.2) is 36.4 Å². The first-order chi connectivity index (χ1) is 10.2. The molecule has 0 unspecified atom stereocenters. The third-order valence-electron chi connectivity index (χ3n) is 3.98. The molecule has 4 heteroatoms. The second kappa shape index (κ2) is 6.12. The average molecular weight is 282 g/mol. The lowest BCUT2D eigenvalue weighted by molar-refractivity contribution is 0.572. The van der Waals surface area contributed by atoms with Gasteiger partial charge in [0.05, 0.1) is 0 Å². The monoisotopic (exact) mass is 282 g/mol. The summed E-state index contributed by atoms with van der Waals surface area (Å²) >= 11 is 0. The van der Waals surface area contributed by atoms with Crippen molar-refractivity contribution in [2.24, 2.45) is 0 Å². The van der Waals surface area contributed by atoms with Gasteiger partial charge >= 0.3 is 0 Å². The molecule has 0 radical (unpaired) electrons. The Morgan fingerprint density at radius 1 is 1.00 bits per heavy atom. The van der Waals surface area contributed by atoms with Crippen molar-refractivity contribution < 1.29 is 0 Å². The summed E-state index contributed by atoms with van der Waals surface area (Å²) in [4.78, 5) is 13.7. The van der Waals surface area contributed by atoms with Crippen molar-refractivity contribution in [2.75, 3.05) is 29.9 Å². The van der Waals surface area contributed by atoms with Crippen molar-refractivity contribution in [3.05, 3.63) is 42.2 Å². The van der Waals surface area contributed by atoms with Gasteiger partial charge in [-0.3, -0.25) is 0 Å². The molecule has 2 aromatic rings. The standard InChI is InChI=1S/C17H22N4/c1-14-18-16(20(2)15-9-5-3-6-10-15)13-17(19-14)21-11-7-4-8-12-21/h3,5-6,9-10,13H,4,7-8,11-12H2,1-2H3. The number of aryl methyl sites for hydroxylation is 1. The smallest absolute Gasteiger partial charge is 0.138 e. The Balaban J connectivity index is 1.90. The van der Waals surface area contributed by atoms with E-state index in [1.807, 2.05) is 25.1 Å². The molecule has 0 spiro atoms. The Kier molecular flexibility index (Phi) is 4.04. The van der Waals surface area contributed by atoms with Crippen LogP contribution in [0.1, 0.15) is 25.1 Å². The molecule has 1 aromatic heterocycles. The number of nitrogens with zero attached hydrogens (tertiary/aromatic N) is 4. The fourth-order valence-electron chi connectivity index (χ4n) is 2.78. The van der Waals surface area contributed by atoms with Crippen molar-refractivity contribution in [3.63, 3.8) is 0 Å². The number of hydrogen-bond acceptors (Lipinski definition) is 4. The first kappa shape index (κ1) is 13.9. The van der Waals surface area contributed by atoms with E-state index < -0.39 is 0 Å². The number of anilines is 3. The van der Waals surface area contributed by atoms with Crippen molar-refractivity contribution >= 4 is 17.3 Å². The summed E-state index contributed by atoms with van der Waals surface area (Å²) in [5, 5.41) is 0. The zero-order valence-corrected chi connectivity index (χ0v) is 12.8. The van der Waals surface area contributed by atoms with Crippen LogP contribution in [0.4, 0.5) is 17.3 Å². The van der Waals surface area contributed by atoms with Crippen LogP contribution in [0.5, 0.6) is 0 Å². The first-order valence-electron chi connectivity index (χ1n) is 7.63. The van der Waals surface area contributed by atoms with Crippen LogP contribution in [0.25, 0.3) is 0 Å². The molecule has 21 heavy (non-hydrogen) atoms. The number of para-hydroxylation sites is 1. The molecule has 1 aromatic carbocycles. The number of rotatable bonds is 3. The molecule has 0 amide bonds. The van der Waals surface area contributed by atoms with Crippen LogP contribution in [-0.4, -0.2) is 30.1 Å². The fraction of sp³-hybridized carbons (Fsp3) is 0.412. The van der Waals surface area contributed by atoms with E-state index >= 15 is 0 Å². The summed E-state index contributed by atoms with van der Waals surface area (Å²) < 4.78 is 0. The lowest BCUT2D eigenvalue weighted by Crippen LogP contribution is -2.30. The largest absolute Gasteiger partial charge is 0.356 e. The molecule has 0 aliphatic carbocycles. The highest BCUT2D eigenvalue weighted by atomic mass is 15.2. The third-order valence-corrected chi connectivity index (χ3v) is 3.98. The van der Waals surface area contributed by atoms with Gasteiger partial charge in [0.25, 0.3) is 0 Å². The molecule has 0 N–H and O–H groups in total. The summed E-state index contributed by atoms with van der Waals surface area (Å²) in [6.45, 7) is 4.17. The molecule has 2 heterocycles. The van der Waals surface area contributed by atoms with Crippen molar-refractivity contribution in [3.8, 4) is 0 Å². The summed E-state index contributed by atoms with van der Waals surface area (Å²) in [5.41, 5.74) is 1.14. The van der Waals surface area contributed by atoms with E-state index in [2.05, 4.69) is 45.0 Å². The van der Waals surface area contributed by atoms with Gasteiger partial charge in [-0.05, 0) is 38.3 Å². The van der Waals surface area contributed by atoms with Gasteiger partial charge in [-0.25, -0.2) is 9.97 Å². The van der Waals surface area contributed by atoms with E-state index in [1.54, 1.807) is 0 Å². The van der Waals surface area contributed by atoms with Gasteiger partial charge < -0.3 is 9.80 Å². The number of piperidine rings is 1. The lowest BCUT2D eigenvalue weighted by Gasteiger charge is -2.29. The van der Waals surface area contributed by atoms with Crippen LogP contribution in [0, 0.1) is 6.92 Å². The van der Waals surface area contributed by atoms with Crippen LogP contribution in [-0.2, 0) is 0 Å². The van der Waals surface area contributed by atoms with E-state index in [9.17, 15) is 0 Å². The second-order valence-corrected chi connectivity index (χ2v) is 5.57. The van der Waals surface area contributed by atoms with E-state index in [4.69, 9.17) is 0 Å². The topological polar surface area (TPSA) is 32.3 Å². The highest BCUT2D eigenvalue weighted by molar-refractivity contribution is 5.62. The van der Waals surface area contributed by atoms with Gasteiger partial charge in [0.15, 0.2) is 0 Å². The molecule has 0 atom stereocenters. The molecule has 1 aliphatic heterocycles. The summed E-state index contributed by atoms with van der Waals surface area (Å²) in [6.07, 6.45) is 3.84. The van der Waals surface area contributed by atoms with Gasteiger partial charge in [0, 0.05) is 31.9 Å². The Morgan fingerprint density at radius 3 is 2.43 bits per heavy atom. The zero-order valence-electron chi connectivity index (χ0n) is 12.8. The normalized spacial score (nSPS) is 15.0. The van der Waals surface area contributed by atoms with Crippen LogP contribution in [0.2, 0.25) is 0 Å². The van der Waals surface area contributed by atoms with Gasteiger partial charge in [-0.15, -0.1) is 0 Å². The number of hydrogen-bond donors (Lipinski definition) is 0. The van der Waals surface area contributed by atoms with Crippen molar-refractivity contribution in [2.45, 2.75) is 26.2 Å². The second-order valence-electron chi connectivity index (χ2n) is 5.57. The Labute approximate surface area is 126 Å². The maximum atomic E-state index is 4.62. The average Bonchev–Trinajstić information content (AvgIpc) is 2.55. The quantitative estimate of drug-likeness (QED) is 0.862. The Hall–Kier alpha value is -2.10. The summed E-state index contributed by atoms with van der Waals surface area (Å²) in [5.74, 6) is 2.84. The molecular formula is C17H22N4. The predicted octanol–water partition coefficient (Wildman–Crippen LogP) is 3.54. The van der Waals surface area contributed by atoms with Gasteiger partial charge in [-0.1, -0.05) is 18.2 Å². The maximum absolute atomic E-state index is 4.62. The summed E-state index contributed by atoms with van der Waals surface area (Å²) in [6, 6.07) is 12.4. The minimum atomic E-state index is 0.829. The van der Waals surface area contributed by atoms with E-state index in [1.165, 1.54) is 19.3 Å². The molecule has 1 saturated heterocycles. The predicted molar refractivity (Wildman–Crippen MR) is 87.3 cm³/mol. The van der Waals surface area contributed by atoms with Gasteiger partial charge in [0.1, 0.15) is 17.5 Å². The first-order valence-corrected chi connectivity index (χ1v) is 7.63. The lowest BCUT2D eigenvalue weighted by atomic mass is 10.1. The van der Waals surface area contributed by atoms with Crippen molar-refractivity contribution in [1.29, 1.82) is 0 Å². The minimum absolute atomic E-state index is 0.829. The molecule has 0 saturated carbocycles. The highest BCUT2D eigenvalue weighted by Crippen LogP contribution is 2.26. The highest BCUT2D eigenvalue weighted by Gasteiger charge is 2.15. The Morgan fingerprint density at radius 2 is 1.71 bits per heavy atom. The number of benzene rings is 1. The van der Waals surface area contributed by atoms with Gasteiger partial charge in [0.2, 0.25) is 0 Å². The molecule has 4 nitrogen and oxygen atoms in total. The van der Waals surface area contributed by atoms with Crippen molar-refractivity contribution in [1.82, 2.24) is 9.97 Å². The third kappa shape index (κ3) is 3.15. The molecule has 3 rings (SSSR count). The number of aromatic nitrogens is 2. The SMILES string of the molecule is Cc1nc(N2CCCCC2)cc(N(C)c2ccccc2)n1. The zero-order chi connectivity index (χ0) is 14.7. The molecular weight excluding hydrogens is 260 g/mol. The van der Waals surface area contributed by atoms with E-state index in [-0.39, 0.29) is 0 Å². The molecule has 1 fully saturated rings. The van der Waals surface area contributed by atoms with Gasteiger partial charge in [-0.2, -0.15) is 0 Å². The van der Waals surface area contributed by atoms with Crippen LogP contribution < -0.4 is 9.80 Å². The van der Waals surface area contributed by atoms with E-state index in [0.717, 1.165) is 36.2 Å². The van der Waals surface area contributed by atoms with Crippen LogP contribution in [0.3, 0.4) is 0 Å². The molecule has 110 valence electrons. The van der Waals surface area contributed by atoms with E-state index in [0.29, 0.717) is 0 Å².